The lowest BCUT2D eigenvalue weighted by Crippen LogP contribution is -1.96. The Morgan fingerprint density at radius 2 is 1.83 bits per heavy atom. The minimum Gasteiger partial charge on any atom is -0.481 e. The average molecular weight is 351 g/mol. The van der Waals surface area contributed by atoms with Gasteiger partial charge in [0.15, 0.2) is 0 Å². The molecule has 4 aromatic rings. The third kappa shape index (κ3) is 2.84. The van der Waals surface area contributed by atoms with Crippen LogP contribution in [0.4, 0.5) is 0 Å². The minimum absolute atomic E-state index is 0.0377. The van der Waals surface area contributed by atoms with Gasteiger partial charge >= 0.3 is 5.97 Å². The predicted molar refractivity (Wildman–Crippen MR) is 102 cm³/mol. The Kier molecular flexibility index (Phi) is 3.88. The maximum Gasteiger partial charge on any atom is 0.307 e. The normalized spacial score (nSPS) is 12.1. The molecule has 0 aliphatic carbocycles. The molecule has 5 heteroatoms. The number of thiophene rings is 1. The fourth-order valence-electron chi connectivity index (χ4n) is 2.66. The molecule has 0 amide bonds. The molecule has 0 unspecified atom stereocenters. The number of para-hydroxylation sites is 1. The molecule has 118 valence electrons. The van der Waals surface area contributed by atoms with E-state index >= 15 is 0 Å². The average Bonchev–Trinajstić information content (AvgIpc) is 3.18. The number of carboxylic acids is 1. The molecular weight excluding hydrogens is 338 g/mol. The third-order valence-electron chi connectivity index (χ3n) is 3.75. The molecule has 2 heterocycles. The van der Waals surface area contributed by atoms with Gasteiger partial charge in [-0.15, -0.1) is 22.7 Å². The number of hydrogen-bond donors (Lipinski definition) is 1. The second-order valence-electron chi connectivity index (χ2n) is 5.41. The van der Waals surface area contributed by atoms with E-state index in [4.69, 9.17) is 0 Å². The number of rotatable bonds is 4. The largest absolute Gasteiger partial charge is 0.481 e. The number of aromatic nitrogens is 1. The standard InChI is InChI=1S/C19H13NO2S2/c21-18(22)10-12(19-20-15-6-2-4-8-17(15)24-19)9-13-11-23-16-7-3-1-5-14(13)16/h1-9,11H,10H2,(H,21,22)/b12-9+. The first-order valence-electron chi connectivity index (χ1n) is 7.45. The van der Waals surface area contributed by atoms with Gasteiger partial charge in [0.05, 0.1) is 16.6 Å². The Morgan fingerprint density at radius 3 is 2.62 bits per heavy atom. The Hall–Kier alpha value is -2.50. The van der Waals surface area contributed by atoms with E-state index in [2.05, 4.69) is 22.5 Å². The van der Waals surface area contributed by atoms with Gasteiger partial charge in [-0.25, -0.2) is 4.98 Å². The number of carbonyl (C=O) groups is 1. The van der Waals surface area contributed by atoms with Crippen molar-refractivity contribution in [1.29, 1.82) is 0 Å². The van der Waals surface area contributed by atoms with Crippen molar-refractivity contribution in [2.45, 2.75) is 6.42 Å². The summed E-state index contributed by atoms with van der Waals surface area (Å²) in [6, 6.07) is 16.0. The van der Waals surface area contributed by atoms with Gasteiger partial charge in [-0.05, 0) is 46.2 Å². The van der Waals surface area contributed by atoms with Crippen LogP contribution in [0.1, 0.15) is 17.0 Å². The topological polar surface area (TPSA) is 50.2 Å². The zero-order valence-electron chi connectivity index (χ0n) is 12.6. The molecule has 0 saturated carbocycles. The van der Waals surface area contributed by atoms with Crippen LogP contribution in [0.25, 0.3) is 32.0 Å². The maximum absolute atomic E-state index is 11.3. The SMILES string of the molecule is O=C(O)C/C(=C\c1csc2ccccc12)c1nc2ccccc2s1. The summed E-state index contributed by atoms with van der Waals surface area (Å²) in [5, 5.41) is 13.3. The maximum atomic E-state index is 11.3. The molecule has 0 spiro atoms. The number of hydrogen-bond acceptors (Lipinski definition) is 4. The second kappa shape index (κ2) is 6.19. The van der Waals surface area contributed by atoms with E-state index in [0.29, 0.717) is 0 Å². The molecule has 24 heavy (non-hydrogen) atoms. The summed E-state index contributed by atoms with van der Waals surface area (Å²) in [5.41, 5.74) is 2.70. The highest BCUT2D eigenvalue weighted by Crippen LogP contribution is 2.33. The van der Waals surface area contributed by atoms with E-state index in [1.165, 1.54) is 16.0 Å². The van der Waals surface area contributed by atoms with Crippen LogP contribution in [0.15, 0.2) is 53.9 Å². The van der Waals surface area contributed by atoms with Crippen molar-refractivity contribution in [3.8, 4) is 0 Å². The Morgan fingerprint density at radius 1 is 1.08 bits per heavy atom. The lowest BCUT2D eigenvalue weighted by molar-refractivity contribution is -0.135. The lowest BCUT2D eigenvalue weighted by Gasteiger charge is -2.01. The van der Waals surface area contributed by atoms with Crippen molar-refractivity contribution in [1.82, 2.24) is 4.98 Å². The summed E-state index contributed by atoms with van der Waals surface area (Å²) in [7, 11) is 0. The first kappa shape index (κ1) is 15.1. The van der Waals surface area contributed by atoms with Crippen LogP contribution in [0.3, 0.4) is 0 Å². The van der Waals surface area contributed by atoms with Crippen LogP contribution in [0.5, 0.6) is 0 Å². The molecule has 3 nitrogen and oxygen atoms in total. The quantitative estimate of drug-likeness (QED) is 0.526. The van der Waals surface area contributed by atoms with Crippen LogP contribution in [0.2, 0.25) is 0 Å². The van der Waals surface area contributed by atoms with Crippen LogP contribution < -0.4 is 0 Å². The molecule has 0 aliphatic rings. The smallest absolute Gasteiger partial charge is 0.307 e. The Balaban J connectivity index is 1.85. The van der Waals surface area contributed by atoms with E-state index in [1.54, 1.807) is 11.3 Å². The number of thiazole rings is 1. The summed E-state index contributed by atoms with van der Waals surface area (Å²) < 4.78 is 2.27. The van der Waals surface area contributed by atoms with Gasteiger partial charge in [-0.2, -0.15) is 0 Å². The van der Waals surface area contributed by atoms with E-state index in [1.807, 2.05) is 42.5 Å². The zero-order valence-corrected chi connectivity index (χ0v) is 14.2. The van der Waals surface area contributed by atoms with Crippen molar-refractivity contribution < 1.29 is 9.90 Å². The predicted octanol–water partition coefficient (Wildman–Crippen LogP) is 5.53. The highest BCUT2D eigenvalue weighted by Gasteiger charge is 2.13. The second-order valence-corrected chi connectivity index (χ2v) is 7.36. The number of carboxylic acid groups (broad SMARTS) is 1. The van der Waals surface area contributed by atoms with Gasteiger partial charge in [0.1, 0.15) is 5.01 Å². The van der Waals surface area contributed by atoms with E-state index in [-0.39, 0.29) is 6.42 Å². The highest BCUT2D eigenvalue weighted by atomic mass is 32.1. The monoisotopic (exact) mass is 351 g/mol. The fourth-order valence-corrected chi connectivity index (χ4v) is 4.56. The van der Waals surface area contributed by atoms with E-state index < -0.39 is 5.97 Å². The van der Waals surface area contributed by atoms with Crippen LogP contribution >= 0.6 is 22.7 Å². The molecule has 0 saturated heterocycles. The molecule has 0 atom stereocenters. The van der Waals surface area contributed by atoms with Gasteiger partial charge in [0.25, 0.3) is 0 Å². The first-order valence-corrected chi connectivity index (χ1v) is 9.15. The van der Waals surface area contributed by atoms with Gasteiger partial charge in [-0.3, -0.25) is 4.79 Å². The van der Waals surface area contributed by atoms with Gasteiger partial charge < -0.3 is 5.11 Å². The van der Waals surface area contributed by atoms with Gasteiger partial charge in [-0.1, -0.05) is 30.3 Å². The molecule has 1 N–H and O–H groups in total. The summed E-state index contributed by atoms with van der Waals surface area (Å²) in [6.45, 7) is 0. The Labute approximate surface area is 146 Å². The number of nitrogens with zero attached hydrogens (tertiary/aromatic N) is 1. The summed E-state index contributed by atoms with van der Waals surface area (Å²) in [6.07, 6.45) is 1.93. The first-order chi connectivity index (χ1) is 11.7. The summed E-state index contributed by atoms with van der Waals surface area (Å²) in [4.78, 5) is 15.9. The molecule has 0 aliphatic heterocycles. The van der Waals surface area contributed by atoms with E-state index in [0.717, 1.165) is 31.7 Å². The number of fused-ring (bicyclic) bond motifs is 2. The molecule has 0 radical (unpaired) electrons. The molecule has 0 fully saturated rings. The lowest BCUT2D eigenvalue weighted by atomic mass is 10.1. The third-order valence-corrected chi connectivity index (χ3v) is 5.84. The zero-order chi connectivity index (χ0) is 16.5. The van der Waals surface area contributed by atoms with Crippen LogP contribution in [-0.4, -0.2) is 16.1 Å². The molecule has 2 aromatic heterocycles. The van der Waals surface area contributed by atoms with Crippen LogP contribution in [0, 0.1) is 0 Å². The number of benzene rings is 2. The van der Waals surface area contributed by atoms with Gasteiger partial charge in [0, 0.05) is 4.70 Å². The molecule has 0 bridgehead atoms. The van der Waals surface area contributed by atoms with Crippen molar-refractivity contribution in [3.05, 3.63) is 64.5 Å². The molecule has 2 aromatic carbocycles. The summed E-state index contributed by atoms with van der Waals surface area (Å²) in [5.74, 6) is -0.847. The summed E-state index contributed by atoms with van der Waals surface area (Å²) >= 11 is 3.20. The Bertz CT molecular complexity index is 1040. The minimum atomic E-state index is -0.847. The number of aliphatic carboxylic acids is 1. The fraction of sp³-hybridized carbons (Fsp3) is 0.0526. The van der Waals surface area contributed by atoms with E-state index in [9.17, 15) is 9.90 Å². The molecular formula is C19H13NO2S2. The molecule has 4 rings (SSSR count). The van der Waals surface area contributed by atoms with Crippen molar-refractivity contribution >= 4 is 60.6 Å². The van der Waals surface area contributed by atoms with Gasteiger partial charge in [0.2, 0.25) is 0 Å². The van der Waals surface area contributed by atoms with Crippen molar-refractivity contribution in [2.75, 3.05) is 0 Å². The van der Waals surface area contributed by atoms with Crippen LogP contribution in [-0.2, 0) is 4.79 Å². The van der Waals surface area contributed by atoms with Crippen molar-refractivity contribution in [3.63, 3.8) is 0 Å². The van der Waals surface area contributed by atoms with Crippen molar-refractivity contribution in [2.24, 2.45) is 0 Å². The highest BCUT2D eigenvalue weighted by molar-refractivity contribution is 7.19.